The van der Waals surface area contributed by atoms with Crippen LogP contribution in [0.4, 0.5) is 0 Å². The van der Waals surface area contributed by atoms with Crippen LogP contribution in [-0.2, 0) is 0 Å². The van der Waals surface area contributed by atoms with Gasteiger partial charge in [0.2, 0.25) is 17.2 Å². The Bertz CT molecular complexity index is 2940. The fourth-order valence-electron chi connectivity index (χ4n) is 7.10. The van der Waals surface area contributed by atoms with Crippen LogP contribution in [0.1, 0.15) is 0 Å². The number of aromatic nitrogens is 6. The number of benzene rings is 6. The number of aromatic amines is 1. The molecule has 0 saturated carbocycles. The largest absolute Gasteiger partial charge is 1.00 e. The van der Waals surface area contributed by atoms with Gasteiger partial charge >= 0.3 is 18.9 Å². The van der Waals surface area contributed by atoms with Crippen molar-refractivity contribution in [2.24, 2.45) is 0 Å². The Balaban J connectivity index is 0.00000372. The van der Waals surface area contributed by atoms with Crippen molar-refractivity contribution in [3.8, 4) is 57.0 Å². The van der Waals surface area contributed by atoms with Gasteiger partial charge in [0, 0.05) is 49.9 Å². The van der Waals surface area contributed by atoms with Gasteiger partial charge in [-0.15, -0.1) is 0 Å². The maximum Gasteiger partial charge on any atom is 1.00 e. The quantitative estimate of drug-likeness (QED) is 0.159. The molecule has 0 aliphatic carbocycles. The number of nitrogens with zero attached hydrogens (tertiary/aromatic N) is 5. The number of fused-ring (bicyclic) bond motifs is 6. The molecule has 0 fully saturated rings. The first-order chi connectivity index (χ1) is 25.7. The van der Waals surface area contributed by atoms with E-state index in [1.165, 1.54) is 0 Å². The number of para-hydroxylation sites is 3. The average Bonchev–Trinajstić information content (AvgIpc) is 3.55. The fraction of sp³-hybridized carbons (Fsp3) is 0. The monoisotopic (exact) mass is 675 g/mol. The molecule has 0 unspecified atom stereocenters. The number of pyridine rings is 2. The molecule has 10 aromatic rings. The minimum atomic E-state index is -0.0288. The molecule has 0 amide bonds. The maximum atomic E-state index is 12.7. The Morgan fingerprint density at radius 3 is 1.87 bits per heavy atom. The third-order valence-corrected chi connectivity index (χ3v) is 9.61. The van der Waals surface area contributed by atoms with E-state index >= 15 is 0 Å². The van der Waals surface area contributed by atoms with Crippen LogP contribution in [0.2, 0.25) is 0 Å². The summed E-state index contributed by atoms with van der Waals surface area (Å²) in [5.41, 5.74) is 8.62. The van der Waals surface area contributed by atoms with E-state index < -0.39 is 0 Å². The standard InChI is InChI=1S/C45H28N6O.Li/c52-40-20-9-6-17-35(40)37-26-24-29-22-21-28-23-25-36(46-41(28)42(29)47-37)31-13-10-14-32(27-31)44-48-43(30-11-2-1-3-12-30)49-45(50-44)51-38-18-7-4-15-33(38)34-16-5-8-19-39(34)51;/h1-27,52H;/q;+1. The van der Waals surface area contributed by atoms with Crippen molar-refractivity contribution in [1.82, 2.24) is 24.5 Å². The predicted octanol–water partition coefficient (Wildman–Crippen LogP) is 6.23. The zero-order valence-corrected chi connectivity index (χ0v) is 28.7. The molecule has 53 heavy (non-hydrogen) atoms. The van der Waals surface area contributed by atoms with E-state index in [0.29, 0.717) is 23.2 Å². The first kappa shape index (κ1) is 32.3. The number of rotatable bonds is 5. The van der Waals surface area contributed by atoms with E-state index in [1.54, 1.807) is 12.1 Å². The van der Waals surface area contributed by atoms with E-state index in [0.717, 1.165) is 71.7 Å². The van der Waals surface area contributed by atoms with Crippen molar-refractivity contribution in [3.63, 3.8) is 0 Å². The van der Waals surface area contributed by atoms with Crippen molar-refractivity contribution in [1.29, 1.82) is 0 Å². The van der Waals surface area contributed by atoms with E-state index in [1.807, 2.05) is 84.9 Å². The summed E-state index contributed by atoms with van der Waals surface area (Å²) in [5.74, 6) is 1.68. The first-order valence-electron chi connectivity index (χ1n) is 17.1. The van der Waals surface area contributed by atoms with E-state index in [4.69, 9.17) is 19.9 Å². The van der Waals surface area contributed by atoms with Crippen molar-refractivity contribution < 1.29 is 29.0 Å². The van der Waals surface area contributed by atoms with Gasteiger partial charge in [0.25, 0.3) is 0 Å². The third kappa shape index (κ3) is 5.60. The second kappa shape index (κ2) is 13.2. The van der Waals surface area contributed by atoms with Gasteiger partial charge in [-0.25, -0.2) is 15.0 Å². The zero-order chi connectivity index (χ0) is 34.6. The molecule has 0 aliphatic rings. The summed E-state index contributed by atoms with van der Waals surface area (Å²) < 4.78 is 2.12. The molecule has 10 rings (SSSR count). The molecule has 0 bridgehead atoms. The number of hydrogen-bond donors (Lipinski definition) is 0. The average molecular weight is 676 g/mol. The molecule has 1 N–H and O–H groups in total. The molecule has 0 saturated heterocycles. The molecule has 4 aromatic heterocycles. The van der Waals surface area contributed by atoms with E-state index in [9.17, 15) is 5.11 Å². The smallest absolute Gasteiger partial charge is 0.872 e. The second-order valence-corrected chi connectivity index (χ2v) is 12.8. The zero-order valence-electron chi connectivity index (χ0n) is 28.7. The molecule has 4 heterocycles. The van der Waals surface area contributed by atoms with Gasteiger partial charge in [0.05, 0.1) is 16.7 Å². The number of nitrogens with one attached hydrogen (secondary N) is 1. The normalized spacial score (nSPS) is 11.3. The Morgan fingerprint density at radius 1 is 0.491 bits per heavy atom. The summed E-state index contributed by atoms with van der Waals surface area (Å²) in [4.78, 5) is 23.9. The first-order valence-corrected chi connectivity index (χ1v) is 17.1. The molecule has 244 valence electrons. The third-order valence-electron chi connectivity index (χ3n) is 9.61. The number of hydrogen-bond acceptors (Lipinski definition) is 5. The van der Waals surface area contributed by atoms with Crippen molar-refractivity contribution in [2.75, 3.05) is 0 Å². The molecule has 7 nitrogen and oxygen atoms in total. The van der Waals surface area contributed by atoms with Crippen LogP contribution in [0.5, 0.6) is 5.75 Å². The van der Waals surface area contributed by atoms with Gasteiger partial charge in [-0.3, -0.25) is 4.57 Å². The topological polar surface area (TPSA) is 93.7 Å². The second-order valence-electron chi connectivity index (χ2n) is 12.8. The van der Waals surface area contributed by atoms with Gasteiger partial charge in [-0.05, 0) is 42.5 Å². The van der Waals surface area contributed by atoms with Crippen LogP contribution in [0, 0.1) is 0 Å². The van der Waals surface area contributed by atoms with E-state index in [-0.39, 0.29) is 24.6 Å². The Kier molecular flexibility index (Phi) is 8.01. The SMILES string of the molecule is [Li+].[O-]c1ccccc1-c1ccc2ccc3ccc(-c4cccc(-c5nc(-c6ccccc6)nc(-n6c7ccccc7c7ccccc76)n5)c4)nc3c2[nH+]1. The molecule has 6 aromatic carbocycles. The molecule has 0 atom stereocenters. The molecule has 0 radical (unpaired) electrons. The summed E-state index contributed by atoms with van der Waals surface area (Å²) in [6, 6.07) is 54.2. The van der Waals surface area contributed by atoms with Crippen LogP contribution in [-0.4, -0.2) is 24.5 Å². The molecular formula is C45H28LiN6O+. The molecule has 0 spiro atoms. The van der Waals surface area contributed by atoms with Crippen LogP contribution in [0.15, 0.2) is 164 Å². The fourth-order valence-corrected chi connectivity index (χ4v) is 7.10. The Hall–Kier alpha value is -6.65. The summed E-state index contributed by atoms with van der Waals surface area (Å²) >= 11 is 0. The van der Waals surface area contributed by atoms with Gasteiger partial charge in [0.1, 0.15) is 5.52 Å². The van der Waals surface area contributed by atoms with Gasteiger partial charge in [0.15, 0.2) is 11.6 Å². The Labute approximate surface area is 316 Å². The van der Waals surface area contributed by atoms with Crippen molar-refractivity contribution in [3.05, 3.63) is 164 Å². The summed E-state index contributed by atoms with van der Waals surface area (Å²) in [5, 5.41) is 16.9. The minimum absolute atomic E-state index is 0. The summed E-state index contributed by atoms with van der Waals surface area (Å²) in [6.45, 7) is 0. The van der Waals surface area contributed by atoms with Crippen LogP contribution in [0.3, 0.4) is 0 Å². The van der Waals surface area contributed by atoms with Gasteiger partial charge in [-0.1, -0.05) is 121 Å². The van der Waals surface area contributed by atoms with Gasteiger partial charge < -0.3 is 5.11 Å². The number of H-pyrrole nitrogens is 1. The predicted molar refractivity (Wildman–Crippen MR) is 205 cm³/mol. The van der Waals surface area contributed by atoms with Gasteiger partial charge in [-0.2, -0.15) is 9.97 Å². The minimum Gasteiger partial charge on any atom is -0.872 e. The Morgan fingerprint density at radius 2 is 1.09 bits per heavy atom. The summed E-state index contributed by atoms with van der Waals surface area (Å²) in [6.07, 6.45) is 0. The summed E-state index contributed by atoms with van der Waals surface area (Å²) in [7, 11) is 0. The molecular weight excluding hydrogens is 647 g/mol. The van der Waals surface area contributed by atoms with Crippen molar-refractivity contribution in [2.45, 2.75) is 0 Å². The van der Waals surface area contributed by atoms with E-state index in [2.05, 4.69) is 76.3 Å². The molecule has 0 aliphatic heterocycles. The van der Waals surface area contributed by atoms with Crippen molar-refractivity contribution >= 4 is 43.6 Å². The van der Waals surface area contributed by atoms with Crippen LogP contribution < -0.4 is 29.0 Å². The van der Waals surface area contributed by atoms with Crippen LogP contribution >= 0.6 is 0 Å². The molecule has 8 heteroatoms. The maximum absolute atomic E-state index is 12.7. The van der Waals surface area contributed by atoms with Crippen LogP contribution in [0.25, 0.3) is 94.9 Å².